The smallest absolute Gasteiger partial charge is 0.340 e. The lowest BCUT2D eigenvalue weighted by molar-refractivity contribution is -0.223. The van der Waals surface area contributed by atoms with E-state index in [1.165, 1.54) is 19.3 Å². The average molecular weight is 504 g/mol. The van der Waals surface area contributed by atoms with Crippen LogP contribution in [-0.4, -0.2) is 113 Å². The van der Waals surface area contributed by atoms with Gasteiger partial charge in [-0.3, -0.25) is 9.69 Å². The summed E-state index contributed by atoms with van der Waals surface area (Å²) < 4.78 is 29.4. The Balaban J connectivity index is 1.25. The average Bonchev–Trinajstić information content (AvgIpc) is 3.22. The van der Waals surface area contributed by atoms with Crippen molar-refractivity contribution in [1.29, 1.82) is 0 Å². The molecule has 7 rings (SSSR count). The third-order valence-electron chi connectivity index (χ3n) is 10.6. The number of carboxylic acid groups (broad SMARTS) is 1. The van der Waals surface area contributed by atoms with Gasteiger partial charge in [0.15, 0.2) is 5.78 Å². The lowest BCUT2D eigenvalue weighted by atomic mass is 9.67. The Morgan fingerprint density at radius 2 is 1.75 bits per heavy atom. The maximum Gasteiger partial charge on any atom is 0.340 e. The summed E-state index contributed by atoms with van der Waals surface area (Å²) in [6.45, 7) is 3.32. The van der Waals surface area contributed by atoms with Crippen LogP contribution in [-0.2, 0) is 19.1 Å². The molecule has 9 heteroatoms. The van der Waals surface area contributed by atoms with Gasteiger partial charge < -0.3 is 24.4 Å². The summed E-state index contributed by atoms with van der Waals surface area (Å²) in [6.07, 6.45) is 6.82. The second-order valence-electron chi connectivity index (χ2n) is 12.3. The number of hydrogen-bond donors (Lipinski definition) is 1. The molecule has 6 fully saturated rings. The van der Waals surface area contributed by atoms with Crippen LogP contribution in [0.2, 0.25) is 0 Å². The highest BCUT2D eigenvalue weighted by molar-refractivity contribution is 6.18. The van der Waals surface area contributed by atoms with Crippen molar-refractivity contribution in [3.8, 4) is 0 Å². The van der Waals surface area contributed by atoms with E-state index >= 15 is 4.39 Å². The monoisotopic (exact) mass is 503 g/mol. The predicted octanol–water partition coefficient (Wildman–Crippen LogP) is 1.69. The number of Topliss-reactive ketones (excluding diaryl/α,β-unsaturated/α-hetero) is 1. The van der Waals surface area contributed by atoms with Gasteiger partial charge in [0.05, 0.1) is 42.5 Å². The SMILES string of the molecule is CN1CCN(C2C(F)CC3C(=O)C(C(=O)O)=CN4C5CC6OC7CCCCC7C6CC5OC2C34)CC1. The maximum absolute atomic E-state index is 16.0. The van der Waals surface area contributed by atoms with Crippen molar-refractivity contribution in [3.63, 3.8) is 0 Å². The van der Waals surface area contributed by atoms with Crippen LogP contribution < -0.4 is 0 Å². The molecule has 11 atom stereocenters. The number of aliphatic carboxylic acids is 1. The van der Waals surface area contributed by atoms with Crippen LogP contribution in [0.25, 0.3) is 0 Å². The van der Waals surface area contributed by atoms with Crippen LogP contribution in [0.4, 0.5) is 4.39 Å². The molecule has 3 saturated heterocycles. The number of piperazine rings is 1. The molecule has 0 radical (unpaired) electrons. The number of alkyl halides is 1. The van der Waals surface area contributed by atoms with E-state index < -0.39 is 36.0 Å². The Kier molecular flexibility index (Phi) is 5.73. The van der Waals surface area contributed by atoms with Gasteiger partial charge in [0.25, 0.3) is 0 Å². The van der Waals surface area contributed by atoms with Gasteiger partial charge in [-0.15, -0.1) is 0 Å². The number of fused-ring (bicyclic) bond motifs is 5. The normalized spacial score (nSPS) is 48.9. The molecule has 198 valence electrons. The fourth-order valence-corrected chi connectivity index (χ4v) is 8.91. The number of carbonyl (C=O) groups is 2. The number of ether oxygens (including phenoxy) is 2. The molecule has 0 aromatic heterocycles. The van der Waals surface area contributed by atoms with E-state index in [-0.39, 0.29) is 36.3 Å². The summed E-state index contributed by atoms with van der Waals surface area (Å²) >= 11 is 0. The summed E-state index contributed by atoms with van der Waals surface area (Å²) in [6, 6.07) is -0.767. The van der Waals surface area contributed by atoms with Gasteiger partial charge in [-0.25, -0.2) is 9.18 Å². The van der Waals surface area contributed by atoms with Crippen molar-refractivity contribution in [1.82, 2.24) is 14.7 Å². The summed E-state index contributed by atoms with van der Waals surface area (Å²) in [4.78, 5) is 31.9. The molecule has 0 aromatic rings. The molecule has 4 aliphatic heterocycles. The van der Waals surface area contributed by atoms with E-state index in [1.807, 2.05) is 0 Å². The van der Waals surface area contributed by atoms with E-state index in [9.17, 15) is 14.7 Å². The quantitative estimate of drug-likeness (QED) is 0.571. The maximum atomic E-state index is 16.0. The van der Waals surface area contributed by atoms with Gasteiger partial charge in [0.1, 0.15) is 11.7 Å². The molecule has 11 unspecified atom stereocenters. The summed E-state index contributed by atoms with van der Waals surface area (Å²) in [7, 11) is 2.09. The fraction of sp³-hybridized carbons (Fsp3) is 0.852. The Bertz CT molecular complexity index is 954. The standard InChI is InChI=1S/C27H38FN3O5/c1-29-6-8-30(9-7-29)24-18(28)10-16-23-26(24)36-22-11-15-14-4-2-3-5-20(14)35-21(15)12-19(22)31(23)13-17(25(16)32)27(33)34/h13-16,18-24,26H,2-12H2,1H3,(H,33,34). The van der Waals surface area contributed by atoms with Crippen molar-refractivity contribution in [2.45, 2.75) is 93.7 Å². The van der Waals surface area contributed by atoms with Gasteiger partial charge >= 0.3 is 5.97 Å². The van der Waals surface area contributed by atoms with Gasteiger partial charge in [0, 0.05) is 38.3 Å². The van der Waals surface area contributed by atoms with E-state index in [0.29, 0.717) is 17.9 Å². The Labute approximate surface area is 211 Å². The van der Waals surface area contributed by atoms with Crippen molar-refractivity contribution in [2.75, 3.05) is 33.2 Å². The number of ketones is 1. The summed E-state index contributed by atoms with van der Waals surface area (Å²) in [5, 5.41) is 9.85. The molecule has 36 heavy (non-hydrogen) atoms. The first-order valence-electron chi connectivity index (χ1n) is 14.0. The lowest BCUT2D eigenvalue weighted by Crippen LogP contribution is -2.74. The number of morpholine rings is 1. The Hall–Kier alpha value is -1.55. The lowest BCUT2D eigenvalue weighted by Gasteiger charge is -2.61. The zero-order valence-corrected chi connectivity index (χ0v) is 21.0. The zero-order valence-electron chi connectivity index (χ0n) is 21.0. The molecule has 7 aliphatic rings. The Morgan fingerprint density at radius 1 is 0.972 bits per heavy atom. The zero-order chi connectivity index (χ0) is 24.7. The molecule has 0 spiro atoms. The minimum atomic E-state index is -1.22. The predicted molar refractivity (Wildman–Crippen MR) is 128 cm³/mol. The van der Waals surface area contributed by atoms with Gasteiger partial charge in [0.2, 0.25) is 0 Å². The Morgan fingerprint density at radius 3 is 2.53 bits per heavy atom. The van der Waals surface area contributed by atoms with Crippen molar-refractivity contribution >= 4 is 11.8 Å². The van der Waals surface area contributed by atoms with Gasteiger partial charge in [-0.05, 0) is 51.0 Å². The molecular formula is C27H38FN3O5. The third kappa shape index (κ3) is 3.52. The highest BCUT2D eigenvalue weighted by atomic mass is 19.1. The summed E-state index contributed by atoms with van der Waals surface area (Å²) in [5.41, 5.74) is -0.205. The minimum Gasteiger partial charge on any atom is -0.478 e. The third-order valence-corrected chi connectivity index (χ3v) is 10.6. The number of rotatable bonds is 2. The van der Waals surface area contributed by atoms with Gasteiger partial charge in [-0.1, -0.05) is 12.8 Å². The first kappa shape index (κ1) is 23.6. The number of likely N-dealkylation sites (N-methyl/N-ethyl adjacent to an activating group) is 1. The highest BCUT2D eigenvalue weighted by Gasteiger charge is 2.62. The van der Waals surface area contributed by atoms with E-state index in [2.05, 4.69) is 21.7 Å². The molecule has 8 nitrogen and oxygen atoms in total. The first-order valence-corrected chi connectivity index (χ1v) is 14.0. The van der Waals surface area contributed by atoms with Gasteiger partial charge in [-0.2, -0.15) is 0 Å². The molecule has 0 bridgehead atoms. The van der Waals surface area contributed by atoms with Crippen LogP contribution >= 0.6 is 0 Å². The molecule has 0 aromatic carbocycles. The van der Waals surface area contributed by atoms with Crippen LogP contribution in [0, 0.1) is 17.8 Å². The topological polar surface area (TPSA) is 82.6 Å². The fourth-order valence-electron chi connectivity index (χ4n) is 8.91. The largest absolute Gasteiger partial charge is 0.478 e. The summed E-state index contributed by atoms with van der Waals surface area (Å²) in [5.74, 6) is -1.32. The van der Waals surface area contributed by atoms with E-state index in [4.69, 9.17) is 9.47 Å². The van der Waals surface area contributed by atoms with Crippen LogP contribution in [0.1, 0.15) is 44.9 Å². The van der Waals surface area contributed by atoms with Crippen molar-refractivity contribution in [3.05, 3.63) is 11.8 Å². The number of nitrogens with zero attached hydrogens (tertiary/aromatic N) is 3. The highest BCUT2D eigenvalue weighted by Crippen LogP contribution is 2.53. The second kappa shape index (κ2) is 8.75. The van der Waals surface area contributed by atoms with Crippen LogP contribution in [0.3, 0.4) is 0 Å². The molecule has 0 amide bonds. The molecular weight excluding hydrogens is 465 g/mol. The molecule has 3 aliphatic carbocycles. The minimum absolute atomic E-state index is 0.0399. The molecule has 3 saturated carbocycles. The number of carbonyl (C=O) groups excluding carboxylic acids is 1. The van der Waals surface area contributed by atoms with Crippen LogP contribution in [0.5, 0.6) is 0 Å². The van der Waals surface area contributed by atoms with E-state index in [1.54, 1.807) is 6.20 Å². The number of halogens is 1. The van der Waals surface area contributed by atoms with E-state index in [0.717, 1.165) is 45.4 Å². The van der Waals surface area contributed by atoms with Crippen molar-refractivity contribution in [2.24, 2.45) is 17.8 Å². The number of carboxylic acids is 1. The van der Waals surface area contributed by atoms with Crippen molar-refractivity contribution < 1.29 is 28.6 Å². The first-order chi connectivity index (χ1) is 17.4. The second-order valence-corrected chi connectivity index (χ2v) is 12.3. The molecule has 4 heterocycles. The van der Waals surface area contributed by atoms with Crippen LogP contribution in [0.15, 0.2) is 11.8 Å². The molecule has 1 N–H and O–H groups in total. The number of hydrogen-bond acceptors (Lipinski definition) is 7.